The van der Waals surface area contributed by atoms with Crippen LogP contribution in [0.4, 0.5) is 0 Å². The van der Waals surface area contributed by atoms with Crippen molar-refractivity contribution in [1.82, 2.24) is 5.32 Å². The fourth-order valence-corrected chi connectivity index (χ4v) is 2.01. The van der Waals surface area contributed by atoms with Crippen molar-refractivity contribution < 1.29 is 14.3 Å². The third kappa shape index (κ3) is 4.24. The number of benzene rings is 1. The molecule has 1 heterocycles. The van der Waals surface area contributed by atoms with Gasteiger partial charge in [0.05, 0.1) is 12.8 Å². The van der Waals surface area contributed by atoms with Crippen molar-refractivity contribution in [2.75, 3.05) is 6.54 Å². The molecule has 0 aliphatic rings. The maximum Gasteiger partial charge on any atom is 0.220 e. The quantitative estimate of drug-likeness (QED) is 0.849. The maximum atomic E-state index is 11.7. The highest BCUT2D eigenvalue weighted by molar-refractivity contribution is 5.76. The van der Waals surface area contributed by atoms with Crippen molar-refractivity contribution in [1.29, 1.82) is 0 Å². The Morgan fingerprint density at radius 1 is 1.35 bits per heavy atom. The second-order valence-electron chi connectivity index (χ2n) is 4.82. The average Bonchev–Trinajstić information content (AvgIpc) is 2.97. The summed E-state index contributed by atoms with van der Waals surface area (Å²) in [6.45, 7) is 2.20. The van der Waals surface area contributed by atoms with Crippen molar-refractivity contribution in [3.63, 3.8) is 0 Å². The summed E-state index contributed by atoms with van der Waals surface area (Å²) in [5.41, 5.74) is 2.34. The van der Waals surface area contributed by atoms with Gasteiger partial charge < -0.3 is 14.8 Å². The molecule has 2 aromatic rings. The van der Waals surface area contributed by atoms with Gasteiger partial charge in [0.2, 0.25) is 5.91 Å². The van der Waals surface area contributed by atoms with Crippen molar-refractivity contribution >= 4 is 5.91 Å². The summed E-state index contributed by atoms with van der Waals surface area (Å²) in [6.07, 6.45) is 1.81. The molecule has 2 N–H and O–H groups in total. The Bertz CT molecular complexity index is 549. The number of hydrogen-bond donors (Lipinski definition) is 2. The molecule has 4 nitrogen and oxygen atoms in total. The molecular formula is C16H19NO3. The van der Waals surface area contributed by atoms with E-state index >= 15 is 0 Å². The van der Waals surface area contributed by atoms with Gasteiger partial charge >= 0.3 is 0 Å². The molecule has 0 aliphatic heterocycles. The lowest BCUT2D eigenvalue weighted by molar-refractivity contribution is -0.121. The summed E-state index contributed by atoms with van der Waals surface area (Å²) >= 11 is 0. The monoisotopic (exact) mass is 273 g/mol. The molecule has 1 atom stereocenters. The molecule has 106 valence electrons. The first-order valence-electron chi connectivity index (χ1n) is 6.69. The van der Waals surface area contributed by atoms with Crippen LogP contribution < -0.4 is 5.32 Å². The van der Waals surface area contributed by atoms with Gasteiger partial charge in [-0.1, -0.05) is 29.8 Å². The molecule has 0 radical (unpaired) electrons. The third-order valence-electron chi connectivity index (χ3n) is 3.09. The molecule has 1 unspecified atom stereocenters. The Labute approximate surface area is 118 Å². The number of amides is 1. The molecule has 1 aromatic carbocycles. The number of hydrogen-bond acceptors (Lipinski definition) is 3. The Balaban J connectivity index is 1.73. The van der Waals surface area contributed by atoms with Crippen LogP contribution in [0.15, 0.2) is 47.1 Å². The van der Waals surface area contributed by atoms with Crippen LogP contribution in [0, 0.1) is 6.92 Å². The standard InChI is InChI=1S/C16H19NO3/c1-12-4-2-5-13(10-12)7-8-16(19)17-11-14(18)15-6-3-9-20-15/h2-6,9-10,14,18H,7-8,11H2,1H3,(H,17,19). The lowest BCUT2D eigenvalue weighted by atomic mass is 10.1. The van der Waals surface area contributed by atoms with Gasteiger partial charge in [-0.3, -0.25) is 4.79 Å². The van der Waals surface area contributed by atoms with Gasteiger partial charge in [-0.15, -0.1) is 0 Å². The molecule has 0 saturated heterocycles. The number of nitrogens with one attached hydrogen (secondary N) is 1. The topological polar surface area (TPSA) is 62.5 Å². The van der Waals surface area contributed by atoms with E-state index in [1.165, 1.54) is 11.8 Å². The van der Waals surface area contributed by atoms with Crippen molar-refractivity contribution in [3.8, 4) is 0 Å². The van der Waals surface area contributed by atoms with Crippen molar-refractivity contribution in [3.05, 3.63) is 59.5 Å². The van der Waals surface area contributed by atoms with Gasteiger partial charge in [0, 0.05) is 6.42 Å². The fourth-order valence-electron chi connectivity index (χ4n) is 2.01. The molecule has 1 amide bonds. The molecular weight excluding hydrogens is 254 g/mol. The summed E-state index contributed by atoms with van der Waals surface area (Å²) in [5.74, 6) is 0.390. The fraction of sp³-hybridized carbons (Fsp3) is 0.312. The van der Waals surface area contributed by atoms with Crippen LogP contribution in [0.25, 0.3) is 0 Å². The van der Waals surface area contributed by atoms with Crippen LogP contribution >= 0.6 is 0 Å². The molecule has 0 saturated carbocycles. The lowest BCUT2D eigenvalue weighted by Crippen LogP contribution is -2.28. The third-order valence-corrected chi connectivity index (χ3v) is 3.09. The SMILES string of the molecule is Cc1cccc(CCC(=O)NCC(O)c2ccco2)c1. The van der Waals surface area contributed by atoms with E-state index in [0.29, 0.717) is 18.6 Å². The van der Waals surface area contributed by atoms with E-state index < -0.39 is 6.10 Å². The normalized spacial score (nSPS) is 12.1. The second-order valence-corrected chi connectivity index (χ2v) is 4.82. The summed E-state index contributed by atoms with van der Waals surface area (Å²) in [7, 11) is 0. The zero-order valence-corrected chi connectivity index (χ0v) is 11.5. The van der Waals surface area contributed by atoms with Crippen LogP contribution in [-0.4, -0.2) is 17.6 Å². The molecule has 0 aliphatic carbocycles. The minimum Gasteiger partial charge on any atom is -0.467 e. The molecule has 0 spiro atoms. The Morgan fingerprint density at radius 2 is 2.20 bits per heavy atom. The predicted molar refractivity (Wildman–Crippen MR) is 76.2 cm³/mol. The van der Waals surface area contributed by atoms with Crippen molar-refractivity contribution in [2.45, 2.75) is 25.9 Å². The molecule has 4 heteroatoms. The van der Waals surface area contributed by atoms with Crippen LogP contribution in [-0.2, 0) is 11.2 Å². The minimum atomic E-state index is -0.798. The average molecular weight is 273 g/mol. The Hall–Kier alpha value is -2.07. The van der Waals surface area contributed by atoms with E-state index in [1.807, 2.05) is 25.1 Å². The minimum absolute atomic E-state index is 0.0721. The number of furan rings is 1. The van der Waals surface area contributed by atoms with Crippen molar-refractivity contribution in [2.24, 2.45) is 0 Å². The molecule has 0 bridgehead atoms. The largest absolute Gasteiger partial charge is 0.467 e. The first-order valence-corrected chi connectivity index (χ1v) is 6.69. The van der Waals surface area contributed by atoms with Gasteiger partial charge in [-0.25, -0.2) is 0 Å². The first-order chi connectivity index (χ1) is 9.65. The summed E-state index contributed by atoms with van der Waals surface area (Å²) in [5, 5.41) is 12.5. The van der Waals surface area contributed by atoms with Gasteiger partial charge in [0.25, 0.3) is 0 Å². The highest BCUT2D eigenvalue weighted by Gasteiger charge is 2.11. The van der Waals surface area contributed by atoms with Gasteiger partial charge in [0.1, 0.15) is 11.9 Å². The summed E-state index contributed by atoms with van der Waals surface area (Å²) in [4.78, 5) is 11.7. The Morgan fingerprint density at radius 3 is 2.90 bits per heavy atom. The smallest absolute Gasteiger partial charge is 0.220 e. The number of aliphatic hydroxyl groups is 1. The van der Waals surface area contributed by atoms with Crippen LogP contribution in [0.3, 0.4) is 0 Å². The number of carbonyl (C=O) groups is 1. The summed E-state index contributed by atoms with van der Waals surface area (Å²) in [6, 6.07) is 11.5. The molecule has 1 aromatic heterocycles. The van der Waals surface area contributed by atoms with E-state index in [9.17, 15) is 9.90 Å². The highest BCUT2D eigenvalue weighted by atomic mass is 16.4. The Kier molecular flexibility index (Phi) is 4.96. The number of carbonyl (C=O) groups excluding carboxylic acids is 1. The number of rotatable bonds is 6. The van der Waals surface area contributed by atoms with E-state index in [2.05, 4.69) is 11.4 Å². The van der Waals surface area contributed by atoms with E-state index in [4.69, 9.17) is 4.42 Å². The van der Waals surface area contributed by atoms with Gasteiger partial charge in [0.15, 0.2) is 0 Å². The second kappa shape index (κ2) is 6.91. The van der Waals surface area contributed by atoms with E-state index in [-0.39, 0.29) is 12.5 Å². The molecule has 2 rings (SSSR count). The molecule has 0 fully saturated rings. The van der Waals surface area contributed by atoms with Crippen LogP contribution in [0.2, 0.25) is 0 Å². The zero-order valence-electron chi connectivity index (χ0n) is 11.5. The van der Waals surface area contributed by atoms with E-state index in [1.54, 1.807) is 12.1 Å². The number of aryl methyl sites for hydroxylation is 2. The van der Waals surface area contributed by atoms with Crippen LogP contribution in [0.5, 0.6) is 0 Å². The first kappa shape index (κ1) is 14.3. The summed E-state index contributed by atoms with van der Waals surface area (Å²) < 4.78 is 5.07. The van der Waals surface area contributed by atoms with E-state index in [0.717, 1.165) is 5.56 Å². The van der Waals surface area contributed by atoms with Crippen LogP contribution in [0.1, 0.15) is 29.4 Å². The van der Waals surface area contributed by atoms with Gasteiger partial charge in [-0.05, 0) is 31.0 Å². The maximum absolute atomic E-state index is 11.7. The number of aliphatic hydroxyl groups excluding tert-OH is 1. The highest BCUT2D eigenvalue weighted by Crippen LogP contribution is 2.12. The zero-order chi connectivity index (χ0) is 14.4. The molecule has 20 heavy (non-hydrogen) atoms. The van der Waals surface area contributed by atoms with Gasteiger partial charge in [-0.2, -0.15) is 0 Å². The predicted octanol–water partition coefficient (Wildman–Crippen LogP) is 2.37. The lowest BCUT2D eigenvalue weighted by Gasteiger charge is -2.09.